The number of rotatable bonds is 7. The van der Waals surface area contributed by atoms with Crippen LogP contribution in [0.2, 0.25) is 0 Å². The molecule has 26 heavy (non-hydrogen) atoms. The molecule has 0 spiro atoms. The van der Waals surface area contributed by atoms with E-state index in [9.17, 15) is 29.8 Å². The molecule has 1 amide bonds. The molecule has 0 radical (unpaired) electrons. The lowest BCUT2D eigenvalue weighted by Gasteiger charge is -2.08. The standard InChI is InChI=1S/C14H13N5O7/c1-8-11(18(23)24)6-9(7-12(8)19(25)26)16-14(22)10-2-4-15-17(10)5-3-13(20)21/h2,4,6-7H,3,5H2,1H3,(H,16,22)(H,20,21). The maximum atomic E-state index is 12.3. The molecule has 0 saturated carbocycles. The van der Waals surface area contributed by atoms with Gasteiger partial charge in [0, 0.05) is 18.3 Å². The van der Waals surface area contributed by atoms with Crippen molar-refractivity contribution in [2.75, 3.05) is 5.32 Å². The molecule has 0 fully saturated rings. The predicted molar refractivity (Wildman–Crippen MR) is 86.9 cm³/mol. The fraction of sp³-hybridized carbons (Fsp3) is 0.214. The summed E-state index contributed by atoms with van der Waals surface area (Å²) in [7, 11) is 0. The summed E-state index contributed by atoms with van der Waals surface area (Å²) in [5, 5.41) is 37.0. The fourth-order valence-corrected chi connectivity index (χ4v) is 2.24. The molecule has 12 nitrogen and oxygen atoms in total. The lowest BCUT2D eigenvalue weighted by atomic mass is 10.1. The summed E-state index contributed by atoms with van der Waals surface area (Å²) in [4.78, 5) is 43.5. The second-order valence-corrected chi connectivity index (χ2v) is 5.19. The van der Waals surface area contributed by atoms with Crippen LogP contribution in [0.4, 0.5) is 17.1 Å². The number of carboxylic acids is 1. The molecule has 0 aliphatic rings. The molecule has 2 aromatic rings. The molecule has 0 bridgehead atoms. The van der Waals surface area contributed by atoms with Crippen molar-refractivity contribution < 1.29 is 24.5 Å². The largest absolute Gasteiger partial charge is 0.481 e. The normalized spacial score (nSPS) is 10.3. The van der Waals surface area contributed by atoms with Crippen molar-refractivity contribution in [1.82, 2.24) is 9.78 Å². The number of nitro groups is 2. The molecule has 0 aliphatic carbocycles. The molecule has 1 aromatic heterocycles. The van der Waals surface area contributed by atoms with Crippen LogP contribution in [0.25, 0.3) is 0 Å². The molecular formula is C14H13N5O7. The van der Waals surface area contributed by atoms with E-state index in [0.29, 0.717) is 0 Å². The maximum absolute atomic E-state index is 12.3. The topological polar surface area (TPSA) is 170 Å². The Labute approximate surface area is 145 Å². The fourth-order valence-electron chi connectivity index (χ4n) is 2.24. The number of nitrogens with zero attached hydrogens (tertiary/aromatic N) is 4. The first-order valence-electron chi connectivity index (χ1n) is 7.19. The number of hydrogen-bond donors (Lipinski definition) is 2. The van der Waals surface area contributed by atoms with E-state index in [4.69, 9.17) is 5.11 Å². The maximum Gasteiger partial charge on any atom is 0.305 e. The van der Waals surface area contributed by atoms with Crippen molar-refractivity contribution in [1.29, 1.82) is 0 Å². The van der Waals surface area contributed by atoms with Crippen molar-refractivity contribution in [3.05, 3.63) is 55.9 Å². The highest BCUT2D eigenvalue weighted by atomic mass is 16.6. The Balaban J connectivity index is 2.32. The first kappa shape index (κ1) is 18.5. The minimum absolute atomic E-state index is 0.0112. The van der Waals surface area contributed by atoms with Crippen LogP contribution in [-0.2, 0) is 11.3 Å². The minimum atomic E-state index is -1.07. The Morgan fingerprint density at radius 2 is 1.81 bits per heavy atom. The van der Waals surface area contributed by atoms with Crippen LogP contribution in [0.5, 0.6) is 0 Å². The Morgan fingerprint density at radius 3 is 2.31 bits per heavy atom. The van der Waals surface area contributed by atoms with E-state index in [1.165, 1.54) is 19.2 Å². The summed E-state index contributed by atoms with van der Waals surface area (Å²) in [6.45, 7) is 1.18. The van der Waals surface area contributed by atoms with Gasteiger partial charge in [0.15, 0.2) is 0 Å². The van der Waals surface area contributed by atoms with Gasteiger partial charge in [0.05, 0.1) is 28.5 Å². The first-order chi connectivity index (χ1) is 12.2. The van der Waals surface area contributed by atoms with E-state index < -0.39 is 33.1 Å². The van der Waals surface area contributed by atoms with Crippen LogP contribution in [0.15, 0.2) is 24.4 Å². The average molecular weight is 363 g/mol. The van der Waals surface area contributed by atoms with Crippen LogP contribution in [-0.4, -0.2) is 36.6 Å². The monoisotopic (exact) mass is 363 g/mol. The van der Waals surface area contributed by atoms with Crippen molar-refractivity contribution >= 4 is 28.9 Å². The van der Waals surface area contributed by atoms with Crippen LogP contribution in [0.3, 0.4) is 0 Å². The quantitative estimate of drug-likeness (QED) is 0.553. The van der Waals surface area contributed by atoms with Crippen LogP contribution >= 0.6 is 0 Å². The smallest absolute Gasteiger partial charge is 0.305 e. The molecule has 0 atom stereocenters. The molecule has 12 heteroatoms. The van der Waals surface area contributed by atoms with Crippen molar-refractivity contribution in [2.45, 2.75) is 19.9 Å². The Bertz CT molecular complexity index is 870. The van der Waals surface area contributed by atoms with Gasteiger partial charge in [0.1, 0.15) is 11.3 Å². The molecule has 136 valence electrons. The number of benzene rings is 1. The Hall–Kier alpha value is -3.83. The molecule has 0 unspecified atom stereocenters. The number of aryl methyl sites for hydroxylation is 1. The van der Waals surface area contributed by atoms with Crippen LogP contribution < -0.4 is 5.32 Å². The summed E-state index contributed by atoms with van der Waals surface area (Å²) >= 11 is 0. The van der Waals surface area contributed by atoms with Gasteiger partial charge in [-0.1, -0.05) is 0 Å². The molecule has 0 aliphatic heterocycles. The van der Waals surface area contributed by atoms with Gasteiger partial charge in [-0.05, 0) is 13.0 Å². The number of carbonyl (C=O) groups excluding carboxylic acids is 1. The third-order valence-corrected chi connectivity index (χ3v) is 3.49. The molecule has 1 heterocycles. The Morgan fingerprint density at radius 1 is 1.23 bits per heavy atom. The van der Waals surface area contributed by atoms with Gasteiger partial charge in [-0.15, -0.1) is 0 Å². The zero-order valence-electron chi connectivity index (χ0n) is 13.4. The highest BCUT2D eigenvalue weighted by Crippen LogP contribution is 2.31. The number of aromatic nitrogens is 2. The average Bonchev–Trinajstić information content (AvgIpc) is 3.02. The molecule has 1 aromatic carbocycles. The number of amides is 1. The SMILES string of the molecule is Cc1c([N+](=O)[O-])cc(NC(=O)c2ccnn2CCC(=O)O)cc1[N+](=O)[O-]. The lowest BCUT2D eigenvalue weighted by Crippen LogP contribution is -2.19. The second-order valence-electron chi connectivity index (χ2n) is 5.19. The number of carboxylic acid groups (broad SMARTS) is 1. The predicted octanol–water partition coefficient (Wildman–Crippen LogP) is 1.73. The number of hydrogen-bond acceptors (Lipinski definition) is 7. The molecule has 2 N–H and O–H groups in total. The van der Waals surface area contributed by atoms with Crippen LogP contribution in [0, 0.1) is 27.2 Å². The first-order valence-corrected chi connectivity index (χ1v) is 7.19. The van der Waals surface area contributed by atoms with Crippen LogP contribution in [0.1, 0.15) is 22.5 Å². The number of nitrogens with one attached hydrogen (secondary N) is 1. The van der Waals surface area contributed by atoms with E-state index in [1.54, 1.807) is 0 Å². The third-order valence-electron chi connectivity index (χ3n) is 3.49. The summed E-state index contributed by atoms with van der Waals surface area (Å²) in [6.07, 6.45) is 1.03. The third kappa shape index (κ3) is 3.98. The second kappa shape index (κ2) is 7.38. The van der Waals surface area contributed by atoms with Gasteiger partial charge < -0.3 is 10.4 Å². The molecule has 0 saturated heterocycles. The van der Waals surface area contributed by atoms with E-state index in [2.05, 4.69) is 10.4 Å². The Kier molecular flexibility index (Phi) is 5.25. The van der Waals surface area contributed by atoms with E-state index >= 15 is 0 Å². The zero-order valence-corrected chi connectivity index (χ0v) is 13.4. The number of aliphatic carboxylic acids is 1. The highest BCUT2D eigenvalue weighted by molar-refractivity contribution is 6.03. The van der Waals surface area contributed by atoms with Crippen molar-refractivity contribution in [3.63, 3.8) is 0 Å². The van der Waals surface area contributed by atoms with E-state index in [0.717, 1.165) is 16.8 Å². The summed E-state index contributed by atoms with van der Waals surface area (Å²) in [6, 6.07) is 3.35. The van der Waals surface area contributed by atoms with Gasteiger partial charge in [-0.25, -0.2) is 0 Å². The van der Waals surface area contributed by atoms with Gasteiger partial charge in [0.2, 0.25) is 0 Å². The molecule has 2 rings (SSSR count). The number of nitro benzene ring substituents is 2. The van der Waals surface area contributed by atoms with Gasteiger partial charge in [-0.2, -0.15) is 5.10 Å². The van der Waals surface area contributed by atoms with Crippen molar-refractivity contribution in [3.8, 4) is 0 Å². The van der Waals surface area contributed by atoms with E-state index in [1.807, 2.05) is 0 Å². The summed E-state index contributed by atoms with van der Waals surface area (Å²) in [5.41, 5.74) is -1.27. The zero-order chi connectivity index (χ0) is 19.4. The number of anilines is 1. The summed E-state index contributed by atoms with van der Waals surface area (Å²) < 4.78 is 1.15. The van der Waals surface area contributed by atoms with Gasteiger partial charge in [0.25, 0.3) is 17.3 Å². The van der Waals surface area contributed by atoms with Gasteiger partial charge >= 0.3 is 5.97 Å². The highest BCUT2D eigenvalue weighted by Gasteiger charge is 2.24. The van der Waals surface area contributed by atoms with Gasteiger partial charge in [-0.3, -0.25) is 34.5 Å². The molecular weight excluding hydrogens is 350 g/mol. The lowest BCUT2D eigenvalue weighted by molar-refractivity contribution is -0.395. The summed E-state index contributed by atoms with van der Waals surface area (Å²) in [5.74, 6) is -1.81. The number of carbonyl (C=O) groups is 2. The van der Waals surface area contributed by atoms with Crippen molar-refractivity contribution in [2.24, 2.45) is 0 Å². The van der Waals surface area contributed by atoms with E-state index in [-0.39, 0.29) is 29.9 Å². The minimum Gasteiger partial charge on any atom is -0.481 e.